The Morgan fingerprint density at radius 1 is 1.00 bits per heavy atom. The number of ether oxygens (including phenoxy) is 4. The molecule has 2 aromatic carbocycles. The molecule has 8 atom stereocenters. The van der Waals surface area contributed by atoms with E-state index < -0.39 is 24.0 Å². The highest BCUT2D eigenvalue weighted by atomic mass is 79.9. The lowest BCUT2D eigenvalue weighted by molar-refractivity contribution is -0.577. The largest absolute Gasteiger partial charge is 0.491 e. The van der Waals surface area contributed by atoms with Gasteiger partial charge < -0.3 is 18.9 Å². The van der Waals surface area contributed by atoms with E-state index in [1.54, 1.807) is 18.2 Å². The molecule has 2 bridgehead atoms. The molecule has 1 spiro atoms. The molecule has 0 unspecified atom stereocenters. The standard InChI is InChI=1S/C32H37BrO7/c1-20-4-14-27-21(2)29(37-30-32(27)26(20)16-17-31(3,38-30)39-40-32)36-19-18-35-25-12-8-23(9-13-25)28(34)15-7-22-5-10-24(33)11-6-22/h5-13,15,20-21,26-27,29-30H,4,14,16-19H2,1-3H3/b15-7+/t20-,21-,26+,27+,29+,30-,31-,32-/m1/s1. The van der Waals surface area contributed by atoms with E-state index in [1.807, 2.05) is 49.4 Å². The zero-order valence-electron chi connectivity index (χ0n) is 23.2. The first-order valence-electron chi connectivity index (χ1n) is 14.3. The van der Waals surface area contributed by atoms with Gasteiger partial charge in [-0.1, -0.05) is 48.0 Å². The summed E-state index contributed by atoms with van der Waals surface area (Å²) in [5.74, 6) is 1.03. The number of ketones is 1. The third kappa shape index (κ3) is 5.30. The molecule has 2 aromatic rings. The molecular formula is C32H37BrO7. The molecule has 1 aliphatic carbocycles. The van der Waals surface area contributed by atoms with E-state index in [4.69, 9.17) is 28.7 Å². The maximum absolute atomic E-state index is 12.5. The molecule has 5 fully saturated rings. The van der Waals surface area contributed by atoms with Crippen LogP contribution >= 0.6 is 15.9 Å². The van der Waals surface area contributed by atoms with E-state index in [9.17, 15) is 4.79 Å². The van der Waals surface area contributed by atoms with Crippen LogP contribution in [0.3, 0.4) is 0 Å². The third-order valence-electron chi connectivity index (χ3n) is 9.17. The molecule has 8 heteroatoms. The molecule has 0 N–H and O–H groups in total. The lowest BCUT2D eigenvalue weighted by atomic mass is 9.58. The minimum Gasteiger partial charge on any atom is -0.491 e. The number of halogens is 1. The maximum atomic E-state index is 12.5. The van der Waals surface area contributed by atoms with Crippen LogP contribution in [0.2, 0.25) is 0 Å². The second-order valence-electron chi connectivity index (χ2n) is 11.8. The summed E-state index contributed by atoms with van der Waals surface area (Å²) in [6.07, 6.45) is 6.44. The highest BCUT2D eigenvalue weighted by Crippen LogP contribution is 2.60. The van der Waals surface area contributed by atoms with E-state index in [0.29, 0.717) is 36.4 Å². The lowest BCUT2D eigenvalue weighted by Crippen LogP contribution is -2.70. The average Bonchev–Trinajstić information content (AvgIpc) is 3.19. The van der Waals surface area contributed by atoms with Crippen LogP contribution in [0.5, 0.6) is 5.75 Å². The van der Waals surface area contributed by atoms with Crippen LogP contribution in [0, 0.1) is 23.7 Å². The topological polar surface area (TPSA) is 72.5 Å². The molecule has 0 amide bonds. The van der Waals surface area contributed by atoms with Crippen molar-refractivity contribution in [3.8, 4) is 5.75 Å². The zero-order chi connectivity index (χ0) is 27.9. The molecule has 1 saturated carbocycles. The summed E-state index contributed by atoms with van der Waals surface area (Å²) in [6, 6.07) is 15.0. The van der Waals surface area contributed by atoms with E-state index in [0.717, 1.165) is 35.7 Å². The van der Waals surface area contributed by atoms with E-state index in [1.165, 1.54) is 0 Å². The van der Waals surface area contributed by atoms with Gasteiger partial charge in [-0.3, -0.25) is 4.79 Å². The first-order valence-corrected chi connectivity index (χ1v) is 15.1. The van der Waals surface area contributed by atoms with Gasteiger partial charge in [0.1, 0.15) is 12.4 Å². The first kappa shape index (κ1) is 28.1. The SMILES string of the molecule is C[C@H]1[C@@H](OCCOc2ccc(C(=O)/C=C/c3ccc(Br)cc3)cc2)O[C@@H]2O[C@@]3(C)CC[C@H]4[C@H](C)CC[C@@H]1[C@@]24OO3. The van der Waals surface area contributed by atoms with Gasteiger partial charge in [0.2, 0.25) is 5.79 Å². The Hall–Kier alpha value is -2.07. The van der Waals surface area contributed by atoms with Gasteiger partial charge in [0.25, 0.3) is 0 Å². The molecule has 7 rings (SSSR count). The normalized spacial score (nSPS) is 36.7. The van der Waals surface area contributed by atoms with Crippen LogP contribution in [0.1, 0.15) is 62.4 Å². The highest BCUT2D eigenvalue weighted by Gasteiger charge is 2.69. The number of carbonyl (C=O) groups excluding carboxylic acids is 1. The summed E-state index contributed by atoms with van der Waals surface area (Å²) in [5, 5.41) is 0. The van der Waals surface area contributed by atoms with Crippen molar-refractivity contribution in [3.05, 3.63) is 70.2 Å². The minimum absolute atomic E-state index is 0.0592. The molecule has 4 heterocycles. The fraction of sp³-hybridized carbons (Fsp3) is 0.531. The summed E-state index contributed by atoms with van der Waals surface area (Å²) in [5.41, 5.74) is 0.984. The molecule has 4 saturated heterocycles. The summed E-state index contributed by atoms with van der Waals surface area (Å²) < 4.78 is 26.0. The Kier molecular flexibility index (Phi) is 7.94. The quantitative estimate of drug-likeness (QED) is 0.138. The smallest absolute Gasteiger partial charge is 0.201 e. The monoisotopic (exact) mass is 612 g/mol. The highest BCUT2D eigenvalue weighted by molar-refractivity contribution is 9.10. The van der Waals surface area contributed by atoms with Crippen molar-refractivity contribution in [2.45, 2.75) is 70.4 Å². The van der Waals surface area contributed by atoms with Gasteiger partial charge in [0, 0.05) is 28.3 Å². The third-order valence-corrected chi connectivity index (χ3v) is 9.70. The Morgan fingerprint density at radius 2 is 1.77 bits per heavy atom. The number of rotatable bonds is 8. The number of benzene rings is 2. The van der Waals surface area contributed by atoms with Crippen LogP contribution in [0.15, 0.2) is 59.1 Å². The van der Waals surface area contributed by atoms with Gasteiger partial charge in [0.15, 0.2) is 24.0 Å². The van der Waals surface area contributed by atoms with Gasteiger partial charge in [0.05, 0.1) is 6.61 Å². The van der Waals surface area contributed by atoms with Crippen LogP contribution in [-0.2, 0) is 24.0 Å². The van der Waals surface area contributed by atoms with Crippen molar-refractivity contribution in [1.29, 1.82) is 0 Å². The van der Waals surface area contributed by atoms with Crippen molar-refractivity contribution in [1.82, 2.24) is 0 Å². The van der Waals surface area contributed by atoms with Crippen LogP contribution in [-0.4, -0.2) is 43.0 Å². The zero-order valence-corrected chi connectivity index (χ0v) is 24.8. The van der Waals surface area contributed by atoms with Gasteiger partial charge >= 0.3 is 0 Å². The predicted molar refractivity (Wildman–Crippen MR) is 152 cm³/mol. The Bertz CT molecular complexity index is 1230. The number of fused-ring (bicyclic) bond motifs is 2. The molecule has 0 radical (unpaired) electrons. The molecular weight excluding hydrogens is 576 g/mol. The fourth-order valence-corrected chi connectivity index (χ4v) is 7.21. The molecule has 0 aromatic heterocycles. The van der Waals surface area contributed by atoms with Crippen molar-refractivity contribution in [3.63, 3.8) is 0 Å². The Labute approximate surface area is 244 Å². The predicted octanol–water partition coefficient (Wildman–Crippen LogP) is 6.95. The molecule has 214 valence electrons. The van der Waals surface area contributed by atoms with Crippen LogP contribution < -0.4 is 4.74 Å². The van der Waals surface area contributed by atoms with E-state index >= 15 is 0 Å². The fourth-order valence-electron chi connectivity index (χ4n) is 6.94. The summed E-state index contributed by atoms with van der Waals surface area (Å²) in [6.45, 7) is 7.15. The number of hydrogen-bond acceptors (Lipinski definition) is 7. The van der Waals surface area contributed by atoms with Crippen molar-refractivity contribution >= 4 is 27.8 Å². The van der Waals surface area contributed by atoms with Crippen LogP contribution in [0.25, 0.3) is 6.08 Å². The summed E-state index contributed by atoms with van der Waals surface area (Å²) >= 11 is 3.42. The number of allylic oxidation sites excluding steroid dienone is 1. The van der Waals surface area contributed by atoms with E-state index in [-0.39, 0.29) is 17.6 Å². The molecule has 7 nitrogen and oxygen atoms in total. The first-order chi connectivity index (χ1) is 19.3. The Morgan fingerprint density at radius 3 is 2.55 bits per heavy atom. The molecule has 5 aliphatic rings. The molecule has 4 aliphatic heterocycles. The van der Waals surface area contributed by atoms with Crippen molar-refractivity contribution in [2.24, 2.45) is 23.7 Å². The van der Waals surface area contributed by atoms with Gasteiger partial charge in [-0.25, -0.2) is 9.78 Å². The lowest BCUT2D eigenvalue weighted by Gasteiger charge is -2.60. The van der Waals surface area contributed by atoms with Crippen LogP contribution in [0.4, 0.5) is 0 Å². The minimum atomic E-state index is -0.798. The second-order valence-corrected chi connectivity index (χ2v) is 12.7. The number of carbonyl (C=O) groups is 1. The maximum Gasteiger partial charge on any atom is 0.201 e. The average molecular weight is 614 g/mol. The second kappa shape index (κ2) is 11.3. The van der Waals surface area contributed by atoms with E-state index in [2.05, 4.69) is 29.8 Å². The van der Waals surface area contributed by atoms with Gasteiger partial charge in [-0.05, 0) is 86.1 Å². The summed E-state index contributed by atoms with van der Waals surface area (Å²) in [7, 11) is 0. The molecule has 40 heavy (non-hydrogen) atoms. The van der Waals surface area contributed by atoms with Gasteiger partial charge in [-0.15, -0.1) is 0 Å². The van der Waals surface area contributed by atoms with Gasteiger partial charge in [-0.2, -0.15) is 0 Å². The van der Waals surface area contributed by atoms with Crippen molar-refractivity contribution in [2.75, 3.05) is 13.2 Å². The summed E-state index contributed by atoms with van der Waals surface area (Å²) in [4.78, 5) is 24.6. The number of hydrogen-bond donors (Lipinski definition) is 0. The van der Waals surface area contributed by atoms with Crippen molar-refractivity contribution < 1.29 is 33.5 Å². The Balaban J connectivity index is 1.02.